The van der Waals surface area contributed by atoms with Crippen molar-refractivity contribution in [1.29, 1.82) is 0 Å². The molecule has 214 valence electrons. The summed E-state index contributed by atoms with van der Waals surface area (Å²) in [6.45, 7) is 5.57. The number of benzene rings is 2. The molecule has 1 aromatic heterocycles. The first-order valence-corrected chi connectivity index (χ1v) is 12.9. The summed E-state index contributed by atoms with van der Waals surface area (Å²) in [7, 11) is 0. The second-order valence-electron chi connectivity index (χ2n) is 10.2. The number of ether oxygens (including phenoxy) is 2. The van der Waals surface area contributed by atoms with E-state index in [2.05, 4.69) is 45.1 Å². The Bertz CT molecular complexity index is 1270. The fourth-order valence-corrected chi connectivity index (χ4v) is 3.83. The number of carbonyl (C=O) groups is 1. The van der Waals surface area contributed by atoms with Crippen molar-refractivity contribution in [2.45, 2.75) is 33.0 Å². The van der Waals surface area contributed by atoms with E-state index in [0.717, 1.165) is 30.8 Å². The van der Waals surface area contributed by atoms with E-state index in [4.69, 9.17) is 9.47 Å². The van der Waals surface area contributed by atoms with E-state index in [1.807, 2.05) is 24.3 Å². The summed E-state index contributed by atoms with van der Waals surface area (Å²) in [5.74, 6) is 0.597. The molecule has 0 saturated heterocycles. The molecule has 0 unspecified atom stereocenters. The van der Waals surface area contributed by atoms with Crippen LogP contribution >= 0.6 is 0 Å². The fraction of sp³-hybridized carbons (Fsp3) is 0.393. The Balaban J connectivity index is 1.56. The molecular weight excluding hydrogens is 525 g/mol. The van der Waals surface area contributed by atoms with Crippen molar-refractivity contribution in [3.8, 4) is 11.6 Å². The van der Waals surface area contributed by atoms with Gasteiger partial charge in [0.2, 0.25) is 11.8 Å². The summed E-state index contributed by atoms with van der Waals surface area (Å²) in [6.07, 6.45) is -3.70. The quantitative estimate of drug-likeness (QED) is 0.352. The SMILES string of the molecule is CC1(C)CNCCCOc2ccc(cc2)CNc2cc(OCC(F)(F)F)nc(n2)Nc2ccc(cc2)C(=O)NC1. The summed E-state index contributed by atoms with van der Waals surface area (Å²) >= 11 is 0. The molecule has 9 nitrogen and oxygen atoms in total. The molecule has 5 heterocycles. The molecule has 1 amide bonds. The maximum Gasteiger partial charge on any atom is 0.422 e. The van der Waals surface area contributed by atoms with Crippen molar-refractivity contribution in [3.05, 3.63) is 65.7 Å². The van der Waals surface area contributed by atoms with Crippen LogP contribution in [0.5, 0.6) is 11.6 Å². The average molecular weight is 559 g/mol. The van der Waals surface area contributed by atoms with E-state index in [-0.39, 0.29) is 29.0 Å². The standard InChI is InChI=1S/C28H33F3N6O3/c1-27(2)16-32-12-3-13-39-22-10-4-19(5-11-22)15-33-23-14-24(40-18-28(29,30)31)37-26(36-23)35-21-8-6-20(7-9-21)25(38)34-17-27/h4-11,14,32H,3,12-13,15-18H2,1-2H3,(H,34,38)(H2,33,35,36,37). The first-order valence-electron chi connectivity index (χ1n) is 12.9. The van der Waals surface area contributed by atoms with Gasteiger partial charge >= 0.3 is 6.18 Å². The van der Waals surface area contributed by atoms with Crippen LogP contribution in [0.1, 0.15) is 36.2 Å². The lowest BCUT2D eigenvalue weighted by molar-refractivity contribution is -0.154. The minimum atomic E-state index is -4.52. The van der Waals surface area contributed by atoms with Crippen LogP contribution in [0, 0.1) is 5.41 Å². The highest BCUT2D eigenvalue weighted by Crippen LogP contribution is 2.23. The van der Waals surface area contributed by atoms with Gasteiger partial charge in [0, 0.05) is 37.0 Å². The van der Waals surface area contributed by atoms with Crippen molar-refractivity contribution < 1.29 is 27.4 Å². The first-order chi connectivity index (χ1) is 19.0. The molecule has 40 heavy (non-hydrogen) atoms. The number of halogens is 3. The Morgan fingerprint density at radius 3 is 2.48 bits per heavy atom. The second-order valence-corrected chi connectivity index (χ2v) is 10.2. The van der Waals surface area contributed by atoms with Gasteiger partial charge in [-0.1, -0.05) is 26.0 Å². The normalized spacial score (nSPS) is 16.6. The van der Waals surface area contributed by atoms with Gasteiger partial charge in [0.05, 0.1) is 6.61 Å². The van der Waals surface area contributed by atoms with Gasteiger partial charge in [-0.25, -0.2) is 0 Å². The van der Waals surface area contributed by atoms with E-state index in [9.17, 15) is 18.0 Å². The zero-order valence-corrected chi connectivity index (χ0v) is 22.4. The van der Waals surface area contributed by atoms with Crippen LogP contribution in [0.15, 0.2) is 54.6 Å². The number of nitrogens with one attached hydrogen (secondary N) is 4. The number of rotatable bonds is 2. The minimum Gasteiger partial charge on any atom is -0.494 e. The molecule has 0 radical (unpaired) electrons. The average Bonchev–Trinajstić information content (AvgIpc) is 2.91. The van der Waals surface area contributed by atoms with Crippen molar-refractivity contribution in [3.63, 3.8) is 0 Å². The fourth-order valence-electron chi connectivity index (χ4n) is 3.83. The molecule has 0 fully saturated rings. The van der Waals surface area contributed by atoms with Gasteiger partial charge in [-0.2, -0.15) is 23.1 Å². The lowest BCUT2D eigenvalue weighted by Gasteiger charge is -2.25. The highest BCUT2D eigenvalue weighted by Gasteiger charge is 2.29. The molecule has 0 saturated carbocycles. The summed E-state index contributed by atoms with van der Waals surface area (Å²) in [4.78, 5) is 21.1. The molecule has 0 spiro atoms. The summed E-state index contributed by atoms with van der Waals surface area (Å²) in [6, 6.07) is 15.5. The number of amides is 1. The van der Waals surface area contributed by atoms with E-state index in [0.29, 0.717) is 30.9 Å². The number of alkyl halides is 3. The van der Waals surface area contributed by atoms with Crippen molar-refractivity contribution in [1.82, 2.24) is 20.6 Å². The van der Waals surface area contributed by atoms with E-state index in [1.165, 1.54) is 6.07 Å². The Labute approximate surface area is 230 Å². The van der Waals surface area contributed by atoms with Crippen LogP contribution in [0.4, 0.5) is 30.6 Å². The Kier molecular flexibility index (Phi) is 9.30. The smallest absolute Gasteiger partial charge is 0.422 e. The van der Waals surface area contributed by atoms with Gasteiger partial charge in [0.15, 0.2) is 6.61 Å². The molecule has 4 aliphatic rings. The molecule has 6 bridgehead atoms. The predicted octanol–water partition coefficient (Wildman–Crippen LogP) is 4.90. The summed E-state index contributed by atoms with van der Waals surface area (Å²) < 4.78 is 49.0. The molecule has 4 N–H and O–H groups in total. The maximum absolute atomic E-state index is 12.8. The first kappa shape index (κ1) is 28.9. The van der Waals surface area contributed by atoms with Gasteiger partial charge in [0.1, 0.15) is 11.6 Å². The Morgan fingerprint density at radius 2 is 1.75 bits per heavy atom. The second kappa shape index (κ2) is 12.9. The highest BCUT2D eigenvalue weighted by atomic mass is 19.4. The van der Waals surface area contributed by atoms with E-state index in [1.54, 1.807) is 24.3 Å². The number of nitrogens with zero attached hydrogens (tertiary/aromatic N) is 2. The van der Waals surface area contributed by atoms with Crippen LogP contribution in [0.25, 0.3) is 0 Å². The number of anilines is 3. The molecule has 0 aliphatic carbocycles. The lowest BCUT2D eigenvalue weighted by Crippen LogP contribution is -2.40. The monoisotopic (exact) mass is 558 g/mol. The van der Waals surface area contributed by atoms with Crippen LogP contribution in [0.2, 0.25) is 0 Å². The number of hydrogen-bond acceptors (Lipinski definition) is 8. The van der Waals surface area contributed by atoms with Gasteiger partial charge < -0.3 is 30.7 Å². The van der Waals surface area contributed by atoms with Crippen molar-refractivity contribution >= 4 is 23.4 Å². The number of hydrogen-bond donors (Lipinski definition) is 4. The summed E-state index contributed by atoms with van der Waals surface area (Å²) in [5, 5.41) is 12.5. The highest BCUT2D eigenvalue weighted by molar-refractivity contribution is 5.94. The molecule has 7 rings (SSSR count). The third-order valence-corrected chi connectivity index (χ3v) is 5.98. The van der Waals surface area contributed by atoms with Crippen LogP contribution in [-0.2, 0) is 6.54 Å². The zero-order chi connectivity index (χ0) is 28.6. The number of carbonyl (C=O) groups excluding carboxylic acids is 1. The largest absolute Gasteiger partial charge is 0.494 e. The predicted molar refractivity (Wildman–Crippen MR) is 146 cm³/mol. The van der Waals surface area contributed by atoms with Gasteiger partial charge in [-0.3, -0.25) is 4.79 Å². The Hall–Kier alpha value is -4.06. The minimum absolute atomic E-state index is 0.0341. The van der Waals surface area contributed by atoms with Crippen LogP contribution in [-0.4, -0.2) is 54.9 Å². The van der Waals surface area contributed by atoms with Gasteiger partial charge in [0.25, 0.3) is 5.91 Å². The molecule has 12 heteroatoms. The summed E-state index contributed by atoms with van der Waals surface area (Å²) in [5.41, 5.74) is 1.77. The molecule has 2 aromatic carbocycles. The van der Waals surface area contributed by atoms with Gasteiger partial charge in [-0.05, 0) is 60.3 Å². The van der Waals surface area contributed by atoms with Gasteiger partial charge in [-0.15, -0.1) is 0 Å². The zero-order valence-electron chi connectivity index (χ0n) is 22.4. The van der Waals surface area contributed by atoms with Crippen LogP contribution in [0.3, 0.4) is 0 Å². The molecule has 0 atom stereocenters. The molecule has 4 aliphatic heterocycles. The van der Waals surface area contributed by atoms with Crippen molar-refractivity contribution in [2.24, 2.45) is 5.41 Å². The number of aromatic nitrogens is 2. The molecular formula is C28H33F3N6O3. The van der Waals surface area contributed by atoms with Crippen molar-refractivity contribution in [2.75, 3.05) is 43.5 Å². The third kappa shape index (κ3) is 9.30. The third-order valence-electron chi connectivity index (χ3n) is 5.98. The molecule has 3 aromatic rings. The van der Waals surface area contributed by atoms with E-state index < -0.39 is 12.8 Å². The maximum atomic E-state index is 12.8. The Morgan fingerprint density at radius 1 is 1.00 bits per heavy atom. The topological polar surface area (TPSA) is 109 Å². The van der Waals surface area contributed by atoms with E-state index >= 15 is 0 Å². The van der Waals surface area contributed by atoms with Crippen LogP contribution < -0.4 is 30.7 Å². The lowest BCUT2D eigenvalue weighted by atomic mass is 9.93.